The van der Waals surface area contributed by atoms with Crippen molar-refractivity contribution >= 4 is 28.1 Å². The molecule has 0 saturated heterocycles. The minimum absolute atomic E-state index is 0.154. The predicted molar refractivity (Wildman–Crippen MR) is 134 cm³/mol. The summed E-state index contributed by atoms with van der Waals surface area (Å²) >= 11 is 1.28. The molecule has 0 saturated carbocycles. The molecule has 34 heavy (non-hydrogen) atoms. The average molecular weight is 470 g/mol. The first kappa shape index (κ1) is 21.8. The summed E-state index contributed by atoms with van der Waals surface area (Å²) in [7, 11) is 0. The summed E-state index contributed by atoms with van der Waals surface area (Å²) in [4.78, 5) is 18.2. The van der Waals surface area contributed by atoms with E-state index in [1.54, 1.807) is 5.51 Å². The van der Waals surface area contributed by atoms with Gasteiger partial charge in [0.15, 0.2) is 0 Å². The highest BCUT2D eigenvalue weighted by atomic mass is 32.1. The highest BCUT2D eigenvalue weighted by Gasteiger charge is 2.44. The molecule has 7 nitrogen and oxygen atoms in total. The van der Waals surface area contributed by atoms with Gasteiger partial charge in [-0.3, -0.25) is 4.79 Å². The summed E-state index contributed by atoms with van der Waals surface area (Å²) in [5.74, 6) is 0.755. The Morgan fingerprint density at radius 2 is 1.85 bits per heavy atom. The summed E-state index contributed by atoms with van der Waals surface area (Å²) in [5.41, 5.74) is 11.4. The average Bonchev–Trinajstić information content (AvgIpc) is 3.35. The number of anilines is 1. The van der Waals surface area contributed by atoms with Crippen molar-refractivity contribution in [3.05, 3.63) is 89.4 Å². The number of hydrogen-bond acceptors (Lipinski definition) is 7. The molecular formula is C26H23N5O2S. The van der Waals surface area contributed by atoms with Crippen LogP contribution in [0.4, 0.5) is 5.13 Å². The quantitative estimate of drug-likeness (QED) is 0.404. The zero-order valence-corrected chi connectivity index (χ0v) is 19.6. The minimum atomic E-state index is -0.827. The minimum Gasteiger partial charge on any atom is -0.438 e. The number of fused-ring (bicyclic) bond motifs is 2. The van der Waals surface area contributed by atoms with Crippen LogP contribution in [0.1, 0.15) is 36.5 Å². The van der Waals surface area contributed by atoms with Gasteiger partial charge in [0.25, 0.3) is 0 Å². The lowest BCUT2D eigenvalue weighted by atomic mass is 9.69. The summed E-state index contributed by atoms with van der Waals surface area (Å²) in [6, 6.07) is 19.4. The summed E-state index contributed by atoms with van der Waals surface area (Å²) < 4.78 is 6.22. The highest BCUT2D eigenvalue weighted by molar-refractivity contribution is 7.13. The van der Waals surface area contributed by atoms with Crippen molar-refractivity contribution in [1.29, 1.82) is 0 Å². The molecule has 0 unspecified atom stereocenters. The Labute approximate surface area is 201 Å². The van der Waals surface area contributed by atoms with Gasteiger partial charge in [-0.1, -0.05) is 80.3 Å². The van der Waals surface area contributed by atoms with Gasteiger partial charge in [-0.15, -0.1) is 10.2 Å². The maximum atomic E-state index is 13.4. The third kappa shape index (κ3) is 3.82. The molecule has 2 aromatic carbocycles. The Bertz CT molecular complexity index is 1380. The first-order chi connectivity index (χ1) is 16.3. The van der Waals surface area contributed by atoms with Gasteiger partial charge >= 0.3 is 0 Å². The normalized spacial score (nSPS) is 14.5. The van der Waals surface area contributed by atoms with Crippen LogP contribution in [0.25, 0.3) is 17.0 Å². The van der Waals surface area contributed by atoms with Crippen molar-refractivity contribution in [1.82, 2.24) is 15.2 Å². The number of pyridine rings is 1. The molecule has 8 heteroatoms. The summed E-state index contributed by atoms with van der Waals surface area (Å²) in [6.45, 7) is 7.62. The number of nitrogens with one attached hydrogen (secondary N) is 1. The van der Waals surface area contributed by atoms with Crippen molar-refractivity contribution in [2.24, 2.45) is 11.1 Å². The second-order valence-corrected chi connectivity index (χ2v) is 9.52. The van der Waals surface area contributed by atoms with E-state index in [0.29, 0.717) is 22.5 Å². The third-order valence-electron chi connectivity index (χ3n) is 6.08. The molecule has 4 aromatic rings. The SMILES string of the molecule is C=C(N)c1ccc(-c2ccc3c(n2)Oc2ccccc2[C@@H]3C(C)(C)C(=O)Nc2nncs2)cc1. The number of aromatic nitrogens is 3. The van der Waals surface area contributed by atoms with Crippen LogP contribution in [-0.2, 0) is 4.79 Å². The maximum Gasteiger partial charge on any atom is 0.232 e. The number of ether oxygens (including phenoxy) is 1. The van der Waals surface area contributed by atoms with Gasteiger partial charge in [-0.25, -0.2) is 4.98 Å². The zero-order chi connectivity index (χ0) is 23.9. The molecule has 1 amide bonds. The molecule has 0 radical (unpaired) electrons. The van der Waals surface area contributed by atoms with Crippen LogP contribution in [0.3, 0.4) is 0 Å². The van der Waals surface area contributed by atoms with Crippen molar-refractivity contribution in [2.75, 3.05) is 5.32 Å². The van der Waals surface area contributed by atoms with E-state index in [2.05, 4.69) is 22.1 Å². The van der Waals surface area contributed by atoms with Gasteiger partial charge in [0.05, 0.1) is 11.1 Å². The topological polar surface area (TPSA) is 103 Å². The predicted octanol–water partition coefficient (Wildman–Crippen LogP) is 5.43. The first-order valence-electron chi connectivity index (χ1n) is 10.7. The van der Waals surface area contributed by atoms with E-state index in [0.717, 1.165) is 27.9 Å². The van der Waals surface area contributed by atoms with Crippen LogP contribution in [0.5, 0.6) is 11.6 Å². The van der Waals surface area contributed by atoms with Gasteiger partial charge in [0.2, 0.25) is 16.9 Å². The van der Waals surface area contributed by atoms with Crippen LogP contribution in [-0.4, -0.2) is 21.1 Å². The fourth-order valence-electron chi connectivity index (χ4n) is 4.25. The Balaban J connectivity index is 1.56. The summed E-state index contributed by atoms with van der Waals surface area (Å²) in [6.07, 6.45) is 0. The fraction of sp³-hybridized carbons (Fsp3) is 0.154. The van der Waals surface area contributed by atoms with Crippen molar-refractivity contribution in [3.63, 3.8) is 0 Å². The number of nitrogens with zero attached hydrogens (tertiary/aromatic N) is 3. The van der Waals surface area contributed by atoms with E-state index in [1.165, 1.54) is 11.3 Å². The number of nitrogens with two attached hydrogens (primary N) is 1. The molecule has 1 aliphatic heterocycles. The number of carbonyl (C=O) groups excluding carboxylic acids is 1. The molecule has 2 aromatic heterocycles. The molecule has 0 fully saturated rings. The lowest BCUT2D eigenvalue weighted by Gasteiger charge is -2.37. The molecule has 5 rings (SSSR count). The van der Waals surface area contributed by atoms with Gasteiger partial charge in [-0.2, -0.15) is 0 Å². The molecule has 3 heterocycles. The standard InChI is InChI=1S/C26H23N5O2S/c1-15(27)16-8-10-17(11-9-16)20-13-12-19-22(18-6-4-5-7-21(18)33-23(19)29-20)26(2,3)24(32)30-25-31-28-14-34-25/h4-14,22H,1,27H2,2-3H3,(H,30,31,32)/t22-/m0/s1. The lowest BCUT2D eigenvalue weighted by molar-refractivity contribution is -0.124. The molecule has 170 valence electrons. The number of para-hydroxylation sites is 1. The molecule has 0 aliphatic carbocycles. The van der Waals surface area contributed by atoms with E-state index in [-0.39, 0.29) is 11.8 Å². The van der Waals surface area contributed by atoms with Crippen LogP contribution in [0.2, 0.25) is 0 Å². The Hall–Kier alpha value is -4.04. The van der Waals surface area contributed by atoms with Crippen molar-refractivity contribution in [2.45, 2.75) is 19.8 Å². The number of amides is 1. The first-order valence-corrected chi connectivity index (χ1v) is 11.6. The Morgan fingerprint density at radius 1 is 1.09 bits per heavy atom. The van der Waals surface area contributed by atoms with Crippen molar-refractivity contribution in [3.8, 4) is 22.9 Å². The summed E-state index contributed by atoms with van der Waals surface area (Å²) in [5, 5.41) is 11.1. The molecule has 3 N–H and O–H groups in total. The van der Waals surface area contributed by atoms with Crippen molar-refractivity contribution < 1.29 is 9.53 Å². The molecule has 0 bridgehead atoms. The molecule has 1 atom stereocenters. The largest absolute Gasteiger partial charge is 0.438 e. The van der Waals surface area contributed by atoms with Gasteiger partial charge < -0.3 is 15.8 Å². The third-order valence-corrected chi connectivity index (χ3v) is 6.68. The second kappa shape index (κ2) is 8.39. The van der Waals surface area contributed by atoms with E-state index >= 15 is 0 Å². The monoisotopic (exact) mass is 469 g/mol. The number of rotatable bonds is 5. The second-order valence-electron chi connectivity index (χ2n) is 8.69. The van der Waals surface area contributed by atoms with E-state index in [4.69, 9.17) is 15.5 Å². The Kier molecular flexibility index (Phi) is 5.37. The zero-order valence-electron chi connectivity index (χ0n) is 18.8. The van der Waals surface area contributed by atoms with Crippen LogP contribution in [0, 0.1) is 5.41 Å². The van der Waals surface area contributed by atoms with Gasteiger partial charge in [0, 0.05) is 28.3 Å². The maximum absolute atomic E-state index is 13.4. The Morgan fingerprint density at radius 3 is 2.56 bits per heavy atom. The lowest BCUT2D eigenvalue weighted by Crippen LogP contribution is -2.38. The highest BCUT2D eigenvalue weighted by Crippen LogP contribution is 2.52. The van der Waals surface area contributed by atoms with Gasteiger partial charge in [0.1, 0.15) is 11.3 Å². The van der Waals surface area contributed by atoms with E-state index in [9.17, 15) is 4.79 Å². The smallest absolute Gasteiger partial charge is 0.232 e. The number of hydrogen-bond donors (Lipinski definition) is 2. The van der Waals surface area contributed by atoms with E-state index < -0.39 is 5.41 Å². The number of carbonyl (C=O) groups is 1. The molecular weight excluding hydrogens is 446 g/mol. The van der Waals surface area contributed by atoms with Crippen LogP contribution < -0.4 is 15.8 Å². The molecule has 1 aliphatic rings. The van der Waals surface area contributed by atoms with Crippen LogP contribution in [0.15, 0.2) is 72.8 Å². The fourth-order valence-corrected chi connectivity index (χ4v) is 4.69. The van der Waals surface area contributed by atoms with Crippen LogP contribution >= 0.6 is 11.3 Å². The van der Waals surface area contributed by atoms with Gasteiger partial charge in [-0.05, 0) is 17.7 Å². The molecule has 0 spiro atoms. The van der Waals surface area contributed by atoms with E-state index in [1.807, 2.05) is 74.5 Å². The number of benzene rings is 2.